The molecule has 0 aromatic carbocycles. The van der Waals surface area contributed by atoms with Crippen molar-refractivity contribution in [3.63, 3.8) is 0 Å². The van der Waals surface area contributed by atoms with E-state index in [0.717, 1.165) is 5.56 Å². The van der Waals surface area contributed by atoms with Crippen LogP contribution in [-0.4, -0.2) is 25.1 Å². The maximum absolute atomic E-state index is 9.99. The number of hydrogen-bond donors (Lipinski definition) is 1. The van der Waals surface area contributed by atoms with Crippen LogP contribution in [0.15, 0.2) is 24.5 Å². The van der Waals surface area contributed by atoms with Gasteiger partial charge in [-0.15, -0.1) is 5.10 Å². The highest BCUT2D eigenvalue weighted by Gasteiger charge is 2.15. The van der Waals surface area contributed by atoms with Crippen LogP contribution in [0, 0.1) is 6.92 Å². The first-order valence-corrected chi connectivity index (χ1v) is 4.63. The third kappa shape index (κ3) is 1.87. The fourth-order valence-electron chi connectivity index (χ4n) is 1.34. The molecule has 0 saturated carbocycles. The Kier molecular flexibility index (Phi) is 2.47. The quantitative estimate of drug-likeness (QED) is 0.778. The van der Waals surface area contributed by atoms with Crippen molar-refractivity contribution in [1.29, 1.82) is 0 Å². The summed E-state index contributed by atoms with van der Waals surface area (Å²) in [6.07, 6.45) is 2.49. The van der Waals surface area contributed by atoms with E-state index >= 15 is 0 Å². The molecule has 0 aliphatic carbocycles. The van der Waals surface area contributed by atoms with E-state index in [-0.39, 0.29) is 0 Å². The van der Waals surface area contributed by atoms with Gasteiger partial charge in [-0.25, -0.2) is 4.68 Å². The molecule has 2 aromatic heterocycles. The number of aromatic nitrogens is 4. The summed E-state index contributed by atoms with van der Waals surface area (Å²) in [4.78, 5) is 4.16. The third-order valence-electron chi connectivity index (χ3n) is 2.24. The molecular weight excluding hydrogens is 192 g/mol. The van der Waals surface area contributed by atoms with Gasteiger partial charge in [-0.1, -0.05) is 11.3 Å². The van der Waals surface area contributed by atoms with Crippen molar-refractivity contribution in [2.75, 3.05) is 0 Å². The zero-order valence-corrected chi connectivity index (χ0v) is 8.62. The van der Waals surface area contributed by atoms with Crippen LogP contribution in [0.1, 0.15) is 23.1 Å². The number of aryl methyl sites for hydroxylation is 2. The normalized spacial score (nSPS) is 12.7. The van der Waals surface area contributed by atoms with Crippen LogP contribution in [0.25, 0.3) is 0 Å². The summed E-state index contributed by atoms with van der Waals surface area (Å²) in [5.74, 6) is 0. The number of hydrogen-bond acceptors (Lipinski definition) is 4. The highest BCUT2D eigenvalue weighted by atomic mass is 16.3. The zero-order valence-electron chi connectivity index (χ0n) is 8.62. The van der Waals surface area contributed by atoms with E-state index < -0.39 is 6.10 Å². The van der Waals surface area contributed by atoms with Crippen LogP contribution >= 0.6 is 0 Å². The Morgan fingerprint density at radius 1 is 1.33 bits per heavy atom. The van der Waals surface area contributed by atoms with Crippen molar-refractivity contribution in [1.82, 2.24) is 20.0 Å². The summed E-state index contributed by atoms with van der Waals surface area (Å²) in [6, 6.07) is 3.71. The average molecular weight is 204 g/mol. The number of aliphatic hydroxyl groups excluding tert-OH is 1. The van der Waals surface area contributed by atoms with Crippen molar-refractivity contribution in [3.05, 3.63) is 41.5 Å². The van der Waals surface area contributed by atoms with Gasteiger partial charge in [0.05, 0.1) is 17.6 Å². The lowest BCUT2D eigenvalue weighted by molar-refractivity contribution is 0.205. The summed E-state index contributed by atoms with van der Waals surface area (Å²) >= 11 is 0. The second-order valence-electron chi connectivity index (χ2n) is 3.45. The molecule has 15 heavy (non-hydrogen) atoms. The highest BCUT2D eigenvalue weighted by molar-refractivity contribution is 5.20. The molecule has 0 aliphatic heterocycles. The minimum atomic E-state index is -0.773. The van der Waals surface area contributed by atoms with Gasteiger partial charge in [0.25, 0.3) is 0 Å². The van der Waals surface area contributed by atoms with Crippen molar-refractivity contribution < 1.29 is 5.11 Å². The minimum absolute atomic E-state index is 0.603. The van der Waals surface area contributed by atoms with Crippen molar-refractivity contribution in [2.45, 2.75) is 13.0 Å². The molecule has 2 rings (SSSR count). The monoisotopic (exact) mass is 204 g/mol. The van der Waals surface area contributed by atoms with E-state index in [1.54, 1.807) is 19.3 Å². The molecule has 0 fully saturated rings. The first-order chi connectivity index (χ1) is 7.18. The SMILES string of the molecule is Cc1ccc(C(O)c2cnnn2C)nc1. The van der Waals surface area contributed by atoms with Crippen LogP contribution < -0.4 is 0 Å². The number of nitrogens with zero attached hydrogens (tertiary/aromatic N) is 4. The Bertz CT molecular complexity index is 449. The Morgan fingerprint density at radius 3 is 2.67 bits per heavy atom. The molecule has 0 bridgehead atoms. The molecule has 0 spiro atoms. The van der Waals surface area contributed by atoms with Gasteiger partial charge in [0.2, 0.25) is 0 Å². The number of aliphatic hydroxyl groups is 1. The third-order valence-corrected chi connectivity index (χ3v) is 2.24. The van der Waals surface area contributed by atoms with Crippen LogP contribution in [0.2, 0.25) is 0 Å². The molecule has 0 radical (unpaired) electrons. The van der Waals surface area contributed by atoms with E-state index in [1.807, 2.05) is 13.0 Å². The Morgan fingerprint density at radius 2 is 2.13 bits per heavy atom. The van der Waals surface area contributed by atoms with E-state index in [0.29, 0.717) is 11.4 Å². The van der Waals surface area contributed by atoms with E-state index in [1.165, 1.54) is 10.9 Å². The molecule has 1 unspecified atom stereocenters. The minimum Gasteiger partial charge on any atom is -0.380 e. The average Bonchev–Trinajstić information content (AvgIpc) is 2.65. The number of pyridine rings is 1. The molecule has 78 valence electrons. The molecule has 5 heteroatoms. The lowest BCUT2D eigenvalue weighted by Crippen LogP contribution is -2.08. The summed E-state index contributed by atoms with van der Waals surface area (Å²) in [7, 11) is 1.74. The summed E-state index contributed by atoms with van der Waals surface area (Å²) < 4.78 is 1.53. The molecule has 0 aliphatic rings. The van der Waals surface area contributed by atoms with Crippen LogP contribution in [0.5, 0.6) is 0 Å². The zero-order chi connectivity index (χ0) is 10.8. The standard InChI is InChI=1S/C10H12N4O/c1-7-3-4-8(11-5-7)10(15)9-6-12-13-14(9)2/h3-6,10,15H,1-2H3. The lowest BCUT2D eigenvalue weighted by Gasteiger charge is -2.09. The second-order valence-corrected chi connectivity index (χ2v) is 3.45. The molecule has 1 N–H and O–H groups in total. The first kappa shape index (κ1) is 9.79. The lowest BCUT2D eigenvalue weighted by atomic mass is 10.1. The van der Waals surface area contributed by atoms with Gasteiger partial charge in [-0.05, 0) is 18.6 Å². The predicted molar refractivity (Wildman–Crippen MR) is 54.0 cm³/mol. The predicted octanol–water partition coefficient (Wildman–Crippen LogP) is 0.600. The van der Waals surface area contributed by atoms with Gasteiger partial charge in [0.1, 0.15) is 6.10 Å². The summed E-state index contributed by atoms with van der Waals surface area (Å²) in [6.45, 7) is 1.95. The molecule has 1 atom stereocenters. The molecule has 0 amide bonds. The first-order valence-electron chi connectivity index (χ1n) is 4.63. The van der Waals surface area contributed by atoms with Crippen LogP contribution in [0.3, 0.4) is 0 Å². The maximum atomic E-state index is 9.99. The van der Waals surface area contributed by atoms with Gasteiger partial charge in [0.15, 0.2) is 0 Å². The maximum Gasteiger partial charge on any atom is 0.139 e. The highest BCUT2D eigenvalue weighted by Crippen LogP contribution is 2.18. The second kappa shape index (κ2) is 3.78. The fourth-order valence-corrected chi connectivity index (χ4v) is 1.34. The molecular formula is C10H12N4O. The van der Waals surface area contributed by atoms with Gasteiger partial charge in [0, 0.05) is 13.2 Å². The van der Waals surface area contributed by atoms with Gasteiger partial charge in [-0.3, -0.25) is 4.98 Å². The van der Waals surface area contributed by atoms with E-state index in [2.05, 4.69) is 15.3 Å². The van der Waals surface area contributed by atoms with E-state index in [9.17, 15) is 5.11 Å². The van der Waals surface area contributed by atoms with Gasteiger partial charge >= 0.3 is 0 Å². The summed E-state index contributed by atoms with van der Waals surface area (Å²) in [5.41, 5.74) is 2.30. The van der Waals surface area contributed by atoms with Gasteiger partial charge in [-0.2, -0.15) is 0 Å². The topological polar surface area (TPSA) is 63.8 Å². The Balaban J connectivity index is 2.32. The van der Waals surface area contributed by atoms with Crippen molar-refractivity contribution >= 4 is 0 Å². The Hall–Kier alpha value is -1.75. The van der Waals surface area contributed by atoms with Crippen LogP contribution in [-0.2, 0) is 7.05 Å². The van der Waals surface area contributed by atoms with E-state index in [4.69, 9.17) is 0 Å². The summed E-state index contributed by atoms with van der Waals surface area (Å²) in [5, 5.41) is 17.5. The molecule has 0 saturated heterocycles. The molecule has 5 nitrogen and oxygen atoms in total. The van der Waals surface area contributed by atoms with Crippen molar-refractivity contribution in [2.24, 2.45) is 7.05 Å². The van der Waals surface area contributed by atoms with Crippen molar-refractivity contribution in [3.8, 4) is 0 Å². The smallest absolute Gasteiger partial charge is 0.139 e. The largest absolute Gasteiger partial charge is 0.380 e. The van der Waals surface area contributed by atoms with Gasteiger partial charge < -0.3 is 5.11 Å². The fraction of sp³-hybridized carbons (Fsp3) is 0.300. The Labute approximate surface area is 87.4 Å². The molecule has 2 aromatic rings. The molecule has 2 heterocycles. The van der Waals surface area contributed by atoms with Crippen LogP contribution in [0.4, 0.5) is 0 Å². The number of rotatable bonds is 2.